The normalized spacial score (nSPS) is 11.0. The third-order valence-corrected chi connectivity index (χ3v) is 4.55. The van der Waals surface area contributed by atoms with E-state index in [1.807, 2.05) is 30.5 Å². The average molecular weight is 376 g/mol. The molecule has 0 aliphatic carbocycles. The Hall–Kier alpha value is -2.44. The monoisotopic (exact) mass is 375 g/mol. The van der Waals surface area contributed by atoms with E-state index in [2.05, 4.69) is 15.5 Å². The van der Waals surface area contributed by atoms with Crippen LogP contribution in [0.15, 0.2) is 52.9 Å². The van der Waals surface area contributed by atoms with Gasteiger partial charge in [-0.2, -0.15) is 5.10 Å². The largest absolute Gasteiger partial charge is 0.488 e. The molecule has 0 aliphatic rings. The van der Waals surface area contributed by atoms with Gasteiger partial charge in [0.15, 0.2) is 0 Å². The number of hydrogen-bond donors (Lipinski definition) is 1. The maximum atomic E-state index is 13.8. The summed E-state index contributed by atoms with van der Waals surface area (Å²) in [7, 11) is 0. The Morgan fingerprint density at radius 1 is 1.28 bits per heavy atom. The van der Waals surface area contributed by atoms with E-state index in [9.17, 15) is 4.39 Å². The first-order valence-electron chi connectivity index (χ1n) is 7.49. The average Bonchev–Trinajstić information content (AvgIpc) is 3.01. The van der Waals surface area contributed by atoms with Gasteiger partial charge in [0.1, 0.15) is 18.2 Å². The molecule has 1 aromatic heterocycles. The molecular formula is C18H15ClFN3OS. The zero-order valence-corrected chi connectivity index (χ0v) is 14.9. The number of rotatable bonds is 6. The predicted molar refractivity (Wildman–Crippen MR) is 100 cm³/mol. The van der Waals surface area contributed by atoms with Gasteiger partial charge in [-0.05, 0) is 31.2 Å². The second-order valence-electron chi connectivity index (χ2n) is 5.19. The lowest BCUT2D eigenvalue weighted by Gasteiger charge is -2.10. The number of aryl methyl sites for hydroxylation is 1. The molecule has 3 aromatic rings. The molecule has 25 heavy (non-hydrogen) atoms. The minimum atomic E-state index is -0.389. The summed E-state index contributed by atoms with van der Waals surface area (Å²) in [6.45, 7) is 1.96. The molecule has 4 nitrogen and oxygen atoms in total. The Morgan fingerprint density at radius 3 is 2.88 bits per heavy atom. The van der Waals surface area contributed by atoms with Crippen LogP contribution in [0, 0.1) is 12.7 Å². The van der Waals surface area contributed by atoms with Gasteiger partial charge in [0, 0.05) is 16.5 Å². The molecular weight excluding hydrogens is 361 g/mol. The summed E-state index contributed by atoms with van der Waals surface area (Å²) in [4.78, 5) is 4.27. The molecule has 0 atom stereocenters. The van der Waals surface area contributed by atoms with Crippen molar-refractivity contribution in [1.82, 2.24) is 4.98 Å². The molecule has 1 heterocycles. The first kappa shape index (κ1) is 17.4. The molecule has 0 bridgehead atoms. The van der Waals surface area contributed by atoms with Crippen LogP contribution in [-0.4, -0.2) is 11.2 Å². The number of nitrogens with one attached hydrogen (secondary N) is 1. The molecule has 0 amide bonds. The van der Waals surface area contributed by atoms with Crippen molar-refractivity contribution in [3.63, 3.8) is 0 Å². The molecule has 3 rings (SSSR count). The van der Waals surface area contributed by atoms with E-state index < -0.39 is 0 Å². The summed E-state index contributed by atoms with van der Waals surface area (Å²) < 4.78 is 19.6. The van der Waals surface area contributed by atoms with Crippen LogP contribution >= 0.6 is 22.9 Å². The van der Waals surface area contributed by atoms with Crippen LogP contribution in [-0.2, 0) is 6.61 Å². The second kappa shape index (κ2) is 8.09. The predicted octanol–water partition coefficient (Wildman–Crippen LogP) is 5.27. The van der Waals surface area contributed by atoms with Crippen LogP contribution < -0.4 is 10.2 Å². The van der Waals surface area contributed by atoms with E-state index in [4.69, 9.17) is 16.3 Å². The van der Waals surface area contributed by atoms with Crippen LogP contribution in [0.25, 0.3) is 0 Å². The van der Waals surface area contributed by atoms with E-state index >= 15 is 0 Å². The molecule has 0 saturated carbocycles. The molecule has 0 spiro atoms. The van der Waals surface area contributed by atoms with Gasteiger partial charge in [0.05, 0.1) is 16.9 Å². The fourth-order valence-electron chi connectivity index (χ4n) is 2.10. The third-order valence-electron chi connectivity index (χ3n) is 3.34. The highest BCUT2D eigenvalue weighted by Crippen LogP contribution is 2.23. The van der Waals surface area contributed by atoms with E-state index in [1.165, 1.54) is 17.4 Å². The van der Waals surface area contributed by atoms with Crippen molar-refractivity contribution in [2.45, 2.75) is 13.5 Å². The smallest absolute Gasteiger partial charge is 0.203 e. The highest BCUT2D eigenvalue weighted by atomic mass is 35.5. The number of anilines is 1. The van der Waals surface area contributed by atoms with Crippen molar-refractivity contribution >= 4 is 34.3 Å². The minimum absolute atomic E-state index is 0.0372. The van der Waals surface area contributed by atoms with Crippen molar-refractivity contribution in [3.05, 3.63) is 75.5 Å². The van der Waals surface area contributed by atoms with Gasteiger partial charge < -0.3 is 4.74 Å². The van der Waals surface area contributed by atoms with Gasteiger partial charge in [0.2, 0.25) is 5.13 Å². The molecule has 0 aliphatic heterocycles. The molecule has 0 fully saturated rings. The zero-order valence-electron chi connectivity index (χ0n) is 13.4. The second-order valence-corrected chi connectivity index (χ2v) is 6.46. The van der Waals surface area contributed by atoms with Crippen molar-refractivity contribution in [3.8, 4) is 5.75 Å². The number of hydrogen-bond acceptors (Lipinski definition) is 5. The van der Waals surface area contributed by atoms with E-state index in [1.54, 1.807) is 24.4 Å². The molecule has 0 radical (unpaired) electrons. The van der Waals surface area contributed by atoms with Crippen LogP contribution in [0.5, 0.6) is 5.75 Å². The molecule has 128 valence electrons. The van der Waals surface area contributed by atoms with Gasteiger partial charge in [-0.1, -0.05) is 29.8 Å². The van der Waals surface area contributed by atoms with Gasteiger partial charge in [-0.3, -0.25) is 5.43 Å². The highest BCUT2D eigenvalue weighted by Gasteiger charge is 2.09. The number of benzene rings is 2. The van der Waals surface area contributed by atoms with Gasteiger partial charge >= 0.3 is 0 Å². The Labute approximate surface area is 153 Å². The fourth-order valence-corrected chi connectivity index (χ4v) is 2.96. The van der Waals surface area contributed by atoms with Crippen molar-refractivity contribution in [2.75, 3.05) is 5.43 Å². The minimum Gasteiger partial charge on any atom is -0.488 e. The number of nitrogens with zero attached hydrogens (tertiary/aromatic N) is 2. The summed E-state index contributed by atoms with van der Waals surface area (Å²) in [5.41, 5.74) is 4.90. The SMILES string of the molecule is Cc1csc(NN=Cc2ccccc2OCc2c(F)cccc2Cl)n1. The topological polar surface area (TPSA) is 46.5 Å². The van der Waals surface area contributed by atoms with Crippen LogP contribution in [0.2, 0.25) is 5.02 Å². The number of para-hydroxylation sites is 1. The van der Waals surface area contributed by atoms with E-state index in [-0.39, 0.29) is 12.4 Å². The lowest BCUT2D eigenvalue weighted by atomic mass is 10.2. The molecule has 0 saturated heterocycles. The fraction of sp³-hybridized carbons (Fsp3) is 0.111. The Balaban J connectivity index is 1.70. The summed E-state index contributed by atoms with van der Waals surface area (Å²) in [6.07, 6.45) is 1.63. The Kier molecular flexibility index (Phi) is 5.63. The molecule has 1 N–H and O–H groups in total. The summed E-state index contributed by atoms with van der Waals surface area (Å²) in [5, 5.41) is 7.16. The van der Waals surface area contributed by atoms with Gasteiger partial charge in [-0.15, -0.1) is 11.3 Å². The number of aromatic nitrogens is 1. The summed E-state index contributed by atoms with van der Waals surface area (Å²) >= 11 is 7.50. The third kappa shape index (κ3) is 4.55. The highest BCUT2D eigenvalue weighted by molar-refractivity contribution is 7.13. The maximum absolute atomic E-state index is 13.8. The molecule has 0 unspecified atom stereocenters. The number of halogens is 2. The van der Waals surface area contributed by atoms with Crippen LogP contribution in [0.4, 0.5) is 9.52 Å². The van der Waals surface area contributed by atoms with Crippen molar-refractivity contribution in [2.24, 2.45) is 5.10 Å². The number of hydrazone groups is 1. The van der Waals surface area contributed by atoms with Crippen molar-refractivity contribution in [1.29, 1.82) is 0 Å². The lowest BCUT2D eigenvalue weighted by Crippen LogP contribution is -2.02. The Bertz CT molecular complexity index is 877. The van der Waals surface area contributed by atoms with Crippen LogP contribution in [0.3, 0.4) is 0 Å². The Morgan fingerprint density at radius 2 is 2.12 bits per heavy atom. The lowest BCUT2D eigenvalue weighted by molar-refractivity contribution is 0.299. The van der Waals surface area contributed by atoms with E-state index in [0.29, 0.717) is 21.5 Å². The van der Waals surface area contributed by atoms with Crippen molar-refractivity contribution < 1.29 is 9.13 Å². The quantitative estimate of drug-likeness (QED) is 0.471. The van der Waals surface area contributed by atoms with Gasteiger partial charge in [0.25, 0.3) is 0 Å². The molecule has 7 heteroatoms. The summed E-state index contributed by atoms with van der Waals surface area (Å²) in [5.74, 6) is 0.196. The first-order valence-corrected chi connectivity index (χ1v) is 8.75. The summed E-state index contributed by atoms with van der Waals surface area (Å²) in [6, 6.07) is 11.9. The number of thiazole rings is 1. The van der Waals surface area contributed by atoms with Crippen LogP contribution in [0.1, 0.15) is 16.8 Å². The number of ether oxygens (including phenoxy) is 1. The van der Waals surface area contributed by atoms with E-state index in [0.717, 1.165) is 11.3 Å². The maximum Gasteiger partial charge on any atom is 0.203 e. The van der Waals surface area contributed by atoms with Gasteiger partial charge in [-0.25, -0.2) is 9.37 Å². The first-order chi connectivity index (χ1) is 12.1. The standard InChI is InChI=1S/C18H15ClFN3OS/c1-12-11-25-18(22-12)23-21-9-13-5-2-3-8-17(13)24-10-14-15(19)6-4-7-16(14)20/h2-9,11H,10H2,1H3,(H,22,23). The zero-order chi connectivity index (χ0) is 17.6. The molecule has 2 aromatic carbocycles.